The van der Waals surface area contributed by atoms with E-state index in [4.69, 9.17) is 4.74 Å². The number of rotatable bonds is 5. The van der Waals surface area contributed by atoms with Gasteiger partial charge in [-0.2, -0.15) is 0 Å². The van der Waals surface area contributed by atoms with E-state index in [2.05, 4.69) is 29.6 Å². The summed E-state index contributed by atoms with van der Waals surface area (Å²) in [6.45, 7) is 0.816. The molecule has 34 heavy (non-hydrogen) atoms. The van der Waals surface area contributed by atoms with E-state index in [1.165, 1.54) is 27.2 Å². The van der Waals surface area contributed by atoms with Crippen LogP contribution in [0.15, 0.2) is 48.5 Å². The average molecular weight is 461 g/mol. The smallest absolute Gasteiger partial charge is 0.407 e. The van der Waals surface area contributed by atoms with Crippen LogP contribution in [-0.2, 0) is 14.3 Å². The molecule has 0 bridgehead atoms. The Morgan fingerprint density at radius 3 is 2.26 bits per heavy atom. The number of alkyl carbamates (subject to hydrolysis) is 1. The normalized spacial score (nSPS) is 28.7. The number of carbonyl (C=O) groups is 3. The molecule has 6 rings (SSSR count). The van der Waals surface area contributed by atoms with Gasteiger partial charge in [-0.1, -0.05) is 48.5 Å². The summed E-state index contributed by atoms with van der Waals surface area (Å²) in [6, 6.07) is 15.9. The third-order valence-corrected chi connectivity index (χ3v) is 8.41. The number of amides is 2. The number of benzene rings is 2. The molecule has 2 saturated carbocycles. The van der Waals surface area contributed by atoms with Crippen molar-refractivity contribution >= 4 is 18.0 Å². The second-order valence-corrected chi connectivity index (χ2v) is 10.1. The van der Waals surface area contributed by atoms with Crippen LogP contribution in [0.4, 0.5) is 4.79 Å². The molecule has 7 nitrogen and oxygen atoms in total. The highest BCUT2D eigenvalue weighted by molar-refractivity contribution is 5.87. The number of ether oxygens (including phenoxy) is 1. The van der Waals surface area contributed by atoms with E-state index >= 15 is 0 Å². The van der Waals surface area contributed by atoms with Gasteiger partial charge in [-0.3, -0.25) is 4.79 Å². The molecule has 176 valence electrons. The van der Waals surface area contributed by atoms with Gasteiger partial charge >= 0.3 is 12.1 Å². The first-order valence-electron chi connectivity index (χ1n) is 12.2. The van der Waals surface area contributed by atoms with E-state index in [1.54, 1.807) is 0 Å². The number of aliphatic carboxylic acids is 1. The summed E-state index contributed by atoms with van der Waals surface area (Å²) in [6.07, 6.45) is 2.47. The summed E-state index contributed by atoms with van der Waals surface area (Å²) in [4.78, 5) is 38.2. The van der Waals surface area contributed by atoms with Crippen LogP contribution in [0.2, 0.25) is 0 Å². The number of hydrogen-bond donors (Lipinski definition) is 2. The topological polar surface area (TPSA) is 95.9 Å². The van der Waals surface area contributed by atoms with Crippen molar-refractivity contribution in [2.45, 2.75) is 43.7 Å². The van der Waals surface area contributed by atoms with Gasteiger partial charge in [0.15, 0.2) is 0 Å². The summed E-state index contributed by atoms with van der Waals surface area (Å²) in [7, 11) is 0. The standard InChI is InChI=1S/C27H28N2O5/c30-25(29-10-9-24(29)26(31)32)16-11-15-13-23(21(15)12-16)28-27(33)34-14-22-19-7-3-1-5-17(19)18-6-2-4-8-20(18)22/h1-8,15-16,21-24H,9-14H2,(H,28,33)(H,31,32)/t15-,16?,21-,23+,24?/m1/s1. The maximum atomic E-state index is 12.8. The fourth-order valence-electron chi connectivity index (χ4n) is 6.53. The molecule has 2 aromatic carbocycles. The minimum atomic E-state index is -0.921. The fraction of sp³-hybridized carbons (Fsp3) is 0.444. The largest absolute Gasteiger partial charge is 0.480 e. The van der Waals surface area contributed by atoms with Crippen molar-refractivity contribution in [3.05, 3.63) is 59.7 Å². The van der Waals surface area contributed by atoms with E-state index in [0.29, 0.717) is 25.3 Å². The summed E-state index contributed by atoms with van der Waals surface area (Å²) >= 11 is 0. The Balaban J connectivity index is 1.04. The zero-order chi connectivity index (χ0) is 23.4. The van der Waals surface area contributed by atoms with Crippen LogP contribution >= 0.6 is 0 Å². The van der Waals surface area contributed by atoms with Crippen LogP contribution in [0.25, 0.3) is 11.1 Å². The maximum absolute atomic E-state index is 12.8. The quantitative estimate of drug-likeness (QED) is 0.711. The van der Waals surface area contributed by atoms with Crippen molar-refractivity contribution in [3.63, 3.8) is 0 Å². The Kier molecular flexibility index (Phi) is 5.08. The molecule has 2 unspecified atom stereocenters. The Hall–Kier alpha value is -3.35. The molecule has 0 aromatic heterocycles. The molecule has 5 atom stereocenters. The summed E-state index contributed by atoms with van der Waals surface area (Å²) in [5, 5.41) is 12.3. The molecule has 0 radical (unpaired) electrons. The Bertz CT molecular complexity index is 1120. The van der Waals surface area contributed by atoms with Gasteiger partial charge in [0.2, 0.25) is 5.91 Å². The second-order valence-electron chi connectivity index (χ2n) is 10.1. The Morgan fingerprint density at radius 2 is 1.65 bits per heavy atom. The van der Waals surface area contributed by atoms with Crippen molar-refractivity contribution in [3.8, 4) is 11.1 Å². The molecule has 0 spiro atoms. The summed E-state index contributed by atoms with van der Waals surface area (Å²) in [5.74, 6) is -0.384. The lowest BCUT2D eigenvalue weighted by Gasteiger charge is -2.40. The lowest BCUT2D eigenvalue weighted by molar-refractivity contribution is -0.159. The molecule has 2 amide bonds. The molecule has 3 aliphatic carbocycles. The van der Waals surface area contributed by atoms with Crippen LogP contribution < -0.4 is 5.32 Å². The van der Waals surface area contributed by atoms with E-state index in [1.807, 2.05) is 24.3 Å². The number of nitrogens with zero attached hydrogens (tertiary/aromatic N) is 1. The van der Waals surface area contributed by atoms with Gasteiger partial charge < -0.3 is 20.1 Å². The van der Waals surface area contributed by atoms with Crippen molar-refractivity contribution in [1.82, 2.24) is 10.2 Å². The number of carboxylic acids is 1. The zero-order valence-electron chi connectivity index (χ0n) is 18.9. The zero-order valence-corrected chi connectivity index (χ0v) is 18.9. The van der Waals surface area contributed by atoms with Gasteiger partial charge in [-0.05, 0) is 59.8 Å². The number of likely N-dealkylation sites (tertiary alicyclic amines) is 1. The SMILES string of the molecule is O=C(N[C@H]1C[C@H]2CC(C(=O)N3CCC3C(=O)O)C[C@H]21)OCC1c2ccccc2-c2ccccc21. The van der Waals surface area contributed by atoms with E-state index < -0.39 is 18.1 Å². The maximum Gasteiger partial charge on any atom is 0.407 e. The van der Waals surface area contributed by atoms with Crippen LogP contribution in [0.1, 0.15) is 42.7 Å². The van der Waals surface area contributed by atoms with Gasteiger partial charge in [-0.25, -0.2) is 9.59 Å². The second kappa shape index (κ2) is 8.15. The third-order valence-electron chi connectivity index (χ3n) is 8.41. The van der Waals surface area contributed by atoms with Crippen LogP contribution in [-0.4, -0.2) is 53.2 Å². The fourth-order valence-corrected chi connectivity index (χ4v) is 6.53. The van der Waals surface area contributed by atoms with Crippen LogP contribution in [0, 0.1) is 17.8 Å². The first-order valence-corrected chi connectivity index (χ1v) is 12.2. The minimum Gasteiger partial charge on any atom is -0.480 e. The molecular formula is C27H28N2O5. The molecule has 1 heterocycles. The molecule has 1 aliphatic heterocycles. The predicted octanol–water partition coefficient (Wildman–Crippen LogP) is 3.63. The molecule has 2 N–H and O–H groups in total. The van der Waals surface area contributed by atoms with Gasteiger partial charge in [-0.15, -0.1) is 0 Å². The van der Waals surface area contributed by atoms with Crippen molar-refractivity contribution in [2.75, 3.05) is 13.2 Å². The van der Waals surface area contributed by atoms with Crippen molar-refractivity contribution < 1.29 is 24.2 Å². The minimum absolute atomic E-state index is 0.0186. The number of hydrogen-bond acceptors (Lipinski definition) is 4. The lowest BCUT2D eigenvalue weighted by atomic mass is 9.71. The average Bonchev–Trinajstić information content (AvgIpc) is 3.30. The molecular weight excluding hydrogens is 432 g/mol. The summed E-state index contributed by atoms with van der Waals surface area (Å²) < 4.78 is 5.68. The highest BCUT2D eigenvalue weighted by Gasteiger charge is 2.52. The first kappa shape index (κ1) is 21.2. The molecule has 7 heteroatoms. The van der Waals surface area contributed by atoms with E-state index in [9.17, 15) is 19.5 Å². The van der Waals surface area contributed by atoms with Crippen molar-refractivity contribution in [1.29, 1.82) is 0 Å². The summed E-state index contributed by atoms with van der Waals surface area (Å²) in [5.41, 5.74) is 4.76. The number of carbonyl (C=O) groups excluding carboxylic acids is 2. The van der Waals surface area contributed by atoms with E-state index in [-0.39, 0.29) is 36.3 Å². The van der Waals surface area contributed by atoms with Gasteiger partial charge in [0.25, 0.3) is 0 Å². The first-order chi connectivity index (χ1) is 16.5. The van der Waals surface area contributed by atoms with Gasteiger partial charge in [0, 0.05) is 24.4 Å². The number of fused-ring (bicyclic) bond motifs is 4. The molecule has 3 fully saturated rings. The van der Waals surface area contributed by atoms with Gasteiger partial charge in [0.05, 0.1) is 0 Å². The highest BCUT2D eigenvalue weighted by atomic mass is 16.5. The predicted molar refractivity (Wildman–Crippen MR) is 124 cm³/mol. The third kappa shape index (κ3) is 3.37. The van der Waals surface area contributed by atoms with Crippen molar-refractivity contribution in [2.24, 2.45) is 17.8 Å². The van der Waals surface area contributed by atoms with Crippen LogP contribution in [0.3, 0.4) is 0 Å². The number of carboxylic acid groups (broad SMARTS) is 1. The lowest BCUT2D eigenvalue weighted by Crippen LogP contribution is -2.56. The molecule has 1 saturated heterocycles. The highest BCUT2D eigenvalue weighted by Crippen LogP contribution is 2.50. The van der Waals surface area contributed by atoms with Gasteiger partial charge in [0.1, 0.15) is 12.6 Å². The Morgan fingerprint density at radius 1 is 0.971 bits per heavy atom. The monoisotopic (exact) mass is 460 g/mol. The van der Waals surface area contributed by atoms with Crippen LogP contribution in [0.5, 0.6) is 0 Å². The Labute approximate surface area is 198 Å². The van der Waals surface area contributed by atoms with E-state index in [0.717, 1.165) is 12.8 Å². The molecule has 4 aliphatic rings. The number of nitrogens with one attached hydrogen (secondary N) is 1. The molecule has 2 aromatic rings.